The van der Waals surface area contributed by atoms with Crippen molar-refractivity contribution < 1.29 is 42.2 Å². The zero-order chi connectivity index (χ0) is 37.6. The number of carbonyl (C=O) groups is 4. The second kappa shape index (κ2) is 12.5. The molecular weight excluding hydrogens is 732 g/mol. The zero-order valence-corrected chi connectivity index (χ0v) is 29.3. The number of ether oxygens (including phenoxy) is 1. The number of benzene rings is 4. The molecule has 13 heteroatoms. The minimum atomic E-state index is -5.08. The van der Waals surface area contributed by atoms with Gasteiger partial charge in [-0.15, -0.1) is 13.2 Å². The Kier molecular flexibility index (Phi) is 8.23. The molecule has 1 saturated carbocycles. The molecule has 8 nitrogen and oxygen atoms in total. The zero-order valence-electron chi connectivity index (χ0n) is 27.8. The molecule has 6 atom stereocenters. The van der Waals surface area contributed by atoms with Crippen molar-refractivity contribution in [3.05, 3.63) is 129 Å². The van der Waals surface area contributed by atoms with E-state index in [9.17, 15) is 32.7 Å². The lowest BCUT2D eigenvalue weighted by Crippen LogP contribution is -2.53. The molecule has 0 bridgehead atoms. The molecule has 4 amide bonds. The monoisotopic (exact) mass is 760 g/mol. The summed E-state index contributed by atoms with van der Waals surface area (Å²) in [4.78, 5) is 60.8. The van der Waals surface area contributed by atoms with Gasteiger partial charge in [-0.05, 0) is 85.3 Å². The largest absolute Gasteiger partial charge is 0.573 e. The van der Waals surface area contributed by atoms with Gasteiger partial charge in [-0.25, -0.2) is 9.80 Å². The van der Waals surface area contributed by atoms with E-state index in [1.165, 1.54) is 12.1 Å². The van der Waals surface area contributed by atoms with E-state index in [1.807, 2.05) is 0 Å². The molecule has 270 valence electrons. The number of allylic oxidation sites excluding steroid dienone is 2. The van der Waals surface area contributed by atoms with Gasteiger partial charge in [0.05, 0.1) is 34.5 Å². The molecule has 8 rings (SSSR count). The van der Waals surface area contributed by atoms with E-state index in [2.05, 4.69) is 4.74 Å². The lowest BCUT2D eigenvalue weighted by atomic mass is 9.49. The van der Waals surface area contributed by atoms with Crippen molar-refractivity contribution in [2.75, 3.05) is 9.80 Å². The Bertz CT molecular complexity index is 2260. The number of nitrogens with zero attached hydrogens (tertiary/aromatic N) is 2. The van der Waals surface area contributed by atoms with Gasteiger partial charge in [0.25, 0.3) is 0 Å². The van der Waals surface area contributed by atoms with Crippen LogP contribution in [0.25, 0.3) is 0 Å². The number of hydrogen-bond acceptors (Lipinski definition) is 6. The summed E-state index contributed by atoms with van der Waals surface area (Å²) in [5.41, 5.74) is 0.108. The second-order valence-electron chi connectivity index (χ2n) is 13.8. The summed E-state index contributed by atoms with van der Waals surface area (Å²) in [6.07, 6.45) is -3.34. The molecule has 3 fully saturated rings. The van der Waals surface area contributed by atoms with E-state index in [0.29, 0.717) is 16.2 Å². The van der Waals surface area contributed by atoms with E-state index in [0.717, 1.165) is 33.6 Å². The van der Waals surface area contributed by atoms with Crippen LogP contribution in [0.4, 0.5) is 24.5 Å². The van der Waals surface area contributed by atoms with Gasteiger partial charge in [-0.2, -0.15) is 0 Å². The van der Waals surface area contributed by atoms with Gasteiger partial charge in [-0.1, -0.05) is 77.3 Å². The predicted octanol–water partition coefficient (Wildman–Crippen LogP) is 8.27. The molecule has 1 N–H and O–H groups in total. The van der Waals surface area contributed by atoms with E-state index in [-0.39, 0.29) is 34.8 Å². The molecule has 0 spiro atoms. The Hall–Kier alpha value is -5.13. The number of phenols is 1. The van der Waals surface area contributed by atoms with Crippen LogP contribution in [0.3, 0.4) is 0 Å². The molecule has 2 heterocycles. The highest BCUT2D eigenvalue weighted by atomic mass is 35.5. The number of imide groups is 2. The summed E-state index contributed by atoms with van der Waals surface area (Å²) in [6.45, 7) is 1.79. The third-order valence-electron chi connectivity index (χ3n) is 11.1. The predicted molar refractivity (Wildman–Crippen MR) is 190 cm³/mol. The Labute approximate surface area is 311 Å². The van der Waals surface area contributed by atoms with Crippen molar-refractivity contribution >= 4 is 58.2 Å². The summed E-state index contributed by atoms with van der Waals surface area (Å²) in [6, 6.07) is 22.5. The van der Waals surface area contributed by atoms with Crippen LogP contribution in [0.15, 0.2) is 103 Å². The molecular formula is C40H29Cl2F3N2O6. The van der Waals surface area contributed by atoms with Crippen LogP contribution < -0.4 is 14.5 Å². The molecule has 4 aliphatic rings. The van der Waals surface area contributed by atoms with Crippen LogP contribution in [-0.2, 0) is 24.6 Å². The van der Waals surface area contributed by atoms with Crippen LogP contribution in [0.2, 0.25) is 10.0 Å². The number of aryl methyl sites for hydroxylation is 1. The maximum Gasteiger partial charge on any atom is 0.573 e. The van der Waals surface area contributed by atoms with Crippen molar-refractivity contribution in [3.8, 4) is 11.5 Å². The summed E-state index contributed by atoms with van der Waals surface area (Å²) < 4.78 is 45.0. The molecule has 4 aromatic rings. The molecule has 4 aromatic carbocycles. The highest BCUT2D eigenvalue weighted by molar-refractivity contribution is 6.33. The van der Waals surface area contributed by atoms with Crippen molar-refractivity contribution in [2.45, 2.75) is 37.5 Å². The quantitative estimate of drug-likeness (QED) is 0.162. The maximum absolute atomic E-state index is 15.3. The first-order valence-electron chi connectivity index (χ1n) is 16.8. The highest BCUT2D eigenvalue weighted by Crippen LogP contribution is 2.65. The smallest absolute Gasteiger partial charge is 0.508 e. The number of fused-ring (bicyclic) bond motifs is 4. The number of phenolic OH excluding ortho intramolecular Hbond substituents is 1. The Morgan fingerprint density at radius 3 is 2.25 bits per heavy atom. The first-order valence-corrected chi connectivity index (χ1v) is 17.6. The minimum Gasteiger partial charge on any atom is -0.508 e. The van der Waals surface area contributed by atoms with Crippen LogP contribution in [0.5, 0.6) is 11.5 Å². The standard InChI is InChI=1S/C40H29Cl2F3N2O6/c1-20-10-11-24(17-31(20)42)46-35(49)27-14-13-26-28(33(27)37(46)51)19-30-36(50)47(23-9-5-8-22(41)16-23)38(52)39(30,21-6-3-2-4-7-21)34(26)29-18-25(12-15-32(29)48)53-40(43,44)45/h2-13,15-18,27-28,30,33-34,48H,14,19H2,1H3/t27-,28+,30-,33-,34+,39+/m0/s1. The Morgan fingerprint density at radius 1 is 0.811 bits per heavy atom. The molecule has 0 unspecified atom stereocenters. The minimum absolute atomic E-state index is 0.0545. The van der Waals surface area contributed by atoms with Gasteiger partial charge in [-0.3, -0.25) is 19.2 Å². The third-order valence-corrected chi connectivity index (χ3v) is 11.8. The molecule has 2 aliphatic heterocycles. The average Bonchev–Trinajstić information content (AvgIpc) is 3.51. The highest BCUT2D eigenvalue weighted by Gasteiger charge is 2.70. The fourth-order valence-corrected chi connectivity index (χ4v) is 9.38. The third kappa shape index (κ3) is 5.35. The molecule has 2 aliphatic carbocycles. The van der Waals surface area contributed by atoms with Gasteiger partial charge in [0.15, 0.2) is 0 Å². The van der Waals surface area contributed by atoms with Gasteiger partial charge in [0, 0.05) is 21.5 Å². The van der Waals surface area contributed by atoms with Crippen LogP contribution in [0.1, 0.15) is 35.4 Å². The Balaban J connectivity index is 1.37. The molecule has 2 saturated heterocycles. The lowest BCUT2D eigenvalue weighted by Gasteiger charge is -2.50. The van der Waals surface area contributed by atoms with E-state index in [4.69, 9.17) is 23.2 Å². The van der Waals surface area contributed by atoms with E-state index >= 15 is 4.79 Å². The van der Waals surface area contributed by atoms with Gasteiger partial charge in [0.2, 0.25) is 23.6 Å². The average molecular weight is 762 g/mol. The number of anilines is 2. The number of halogens is 5. The number of carbonyl (C=O) groups excluding carboxylic acids is 4. The van der Waals surface area contributed by atoms with E-state index < -0.39 is 76.5 Å². The van der Waals surface area contributed by atoms with Gasteiger partial charge >= 0.3 is 6.36 Å². The fraction of sp³-hybridized carbons (Fsp3) is 0.250. The summed E-state index contributed by atoms with van der Waals surface area (Å²) in [5.74, 6) is -8.50. The SMILES string of the molecule is Cc1ccc(N2C(=O)[C@H]3[C@H](CC=C4[C@H]3C[C@H]3C(=O)N(c5cccc(Cl)c5)C(=O)[C@@]3(c3ccccc3)[C@H]4c3cc(OC(F)(F)F)ccc3O)C2=O)cc1Cl. The maximum atomic E-state index is 15.3. The summed E-state index contributed by atoms with van der Waals surface area (Å²) in [7, 11) is 0. The van der Waals surface area contributed by atoms with Crippen LogP contribution >= 0.6 is 23.2 Å². The topological polar surface area (TPSA) is 104 Å². The van der Waals surface area contributed by atoms with Crippen molar-refractivity contribution in [2.24, 2.45) is 23.7 Å². The second-order valence-corrected chi connectivity index (χ2v) is 14.7. The van der Waals surface area contributed by atoms with Crippen molar-refractivity contribution in [1.29, 1.82) is 0 Å². The number of aromatic hydroxyl groups is 1. The van der Waals surface area contributed by atoms with E-state index in [1.54, 1.807) is 73.7 Å². The fourth-order valence-electron chi connectivity index (χ4n) is 9.02. The van der Waals surface area contributed by atoms with Crippen LogP contribution in [-0.4, -0.2) is 35.1 Å². The van der Waals surface area contributed by atoms with Gasteiger partial charge in [0.1, 0.15) is 11.5 Å². The number of amides is 4. The van der Waals surface area contributed by atoms with Crippen LogP contribution in [0, 0.1) is 30.6 Å². The lowest BCUT2D eigenvalue weighted by molar-refractivity contribution is -0.274. The number of alkyl halides is 3. The van der Waals surface area contributed by atoms with Gasteiger partial charge < -0.3 is 9.84 Å². The molecule has 53 heavy (non-hydrogen) atoms. The van der Waals surface area contributed by atoms with Crippen molar-refractivity contribution in [3.63, 3.8) is 0 Å². The summed E-state index contributed by atoms with van der Waals surface area (Å²) in [5, 5.41) is 12.1. The first-order chi connectivity index (χ1) is 25.2. The number of hydrogen-bond donors (Lipinski definition) is 1. The molecule has 0 aromatic heterocycles. The first kappa shape index (κ1) is 34.9. The normalized spacial score (nSPS) is 26.7. The number of rotatable bonds is 5. The molecule has 0 radical (unpaired) electrons. The van der Waals surface area contributed by atoms with Crippen molar-refractivity contribution in [1.82, 2.24) is 0 Å². The summed E-state index contributed by atoms with van der Waals surface area (Å²) >= 11 is 12.7. The Morgan fingerprint density at radius 2 is 1.55 bits per heavy atom.